The zero-order valence-corrected chi connectivity index (χ0v) is 14.0. The van der Waals surface area contributed by atoms with Crippen molar-refractivity contribution in [1.82, 2.24) is 15.3 Å². The Kier molecular flexibility index (Phi) is 5.28. The zero-order chi connectivity index (χ0) is 17.6. The van der Waals surface area contributed by atoms with Crippen molar-refractivity contribution in [3.05, 3.63) is 60.2 Å². The van der Waals surface area contributed by atoms with E-state index in [0.717, 1.165) is 16.9 Å². The van der Waals surface area contributed by atoms with Crippen LogP contribution in [0.1, 0.15) is 31.6 Å². The summed E-state index contributed by atoms with van der Waals surface area (Å²) in [5.41, 5.74) is 1.81. The van der Waals surface area contributed by atoms with Crippen LogP contribution in [0.15, 0.2) is 48.5 Å². The van der Waals surface area contributed by atoms with Crippen LogP contribution in [0, 0.1) is 5.82 Å². The highest BCUT2D eigenvalue weighted by Crippen LogP contribution is 2.17. The molecule has 0 radical (unpaired) electrons. The Hall–Kier alpha value is -2.89. The minimum absolute atomic E-state index is 0.0925. The number of aromatic amines is 1. The summed E-state index contributed by atoms with van der Waals surface area (Å²) in [5.74, 6) is 0.436. The lowest BCUT2D eigenvalue weighted by atomic mass is 10.2. The number of amides is 1. The van der Waals surface area contributed by atoms with Gasteiger partial charge in [0.05, 0.1) is 23.7 Å². The summed E-state index contributed by atoms with van der Waals surface area (Å²) < 4.78 is 18.8. The number of carbonyl (C=O) groups excluding carboxylic acids is 1. The molecule has 1 unspecified atom stereocenters. The van der Waals surface area contributed by atoms with Gasteiger partial charge in [0.1, 0.15) is 5.82 Å². The number of nitrogens with zero attached hydrogens (tertiary/aromatic N) is 1. The lowest BCUT2D eigenvalue weighted by Gasteiger charge is -2.11. The molecule has 0 spiro atoms. The number of H-pyrrole nitrogens is 1. The van der Waals surface area contributed by atoms with Crippen LogP contribution in [0.4, 0.5) is 4.39 Å². The van der Waals surface area contributed by atoms with Gasteiger partial charge in [0, 0.05) is 6.42 Å². The molecule has 1 aromatic heterocycles. The Bertz CT molecular complexity index is 830. The molecule has 0 fully saturated rings. The Morgan fingerprint density at radius 3 is 2.80 bits per heavy atom. The van der Waals surface area contributed by atoms with E-state index in [1.165, 1.54) is 6.07 Å². The first-order chi connectivity index (χ1) is 12.1. The molecule has 5 nitrogen and oxygen atoms in total. The fourth-order valence-electron chi connectivity index (χ4n) is 2.54. The number of aromatic nitrogens is 2. The summed E-state index contributed by atoms with van der Waals surface area (Å²) in [5, 5.41) is 2.90. The molecule has 25 heavy (non-hydrogen) atoms. The summed E-state index contributed by atoms with van der Waals surface area (Å²) in [6, 6.07) is 13.7. The Balaban J connectivity index is 1.45. The standard InChI is InChI=1S/C19H20FN3O2/c1-13(19-22-15-8-3-4-9-16(15)23-19)21-18(24)11-6-12-25-17-10-5-2-7-14(17)20/h2-5,7-10,13H,6,11-12H2,1H3,(H,21,24)(H,22,23). The van der Waals surface area contributed by atoms with E-state index in [4.69, 9.17) is 4.74 Å². The van der Waals surface area contributed by atoms with Crippen LogP contribution in [-0.4, -0.2) is 22.5 Å². The number of imidazole rings is 1. The molecule has 3 rings (SSSR count). The smallest absolute Gasteiger partial charge is 0.220 e. The second kappa shape index (κ2) is 7.79. The molecule has 0 saturated heterocycles. The van der Waals surface area contributed by atoms with Crippen LogP contribution in [0.5, 0.6) is 5.75 Å². The number of benzene rings is 2. The molecule has 0 aliphatic heterocycles. The van der Waals surface area contributed by atoms with Gasteiger partial charge in [0.15, 0.2) is 11.6 Å². The summed E-state index contributed by atoms with van der Waals surface area (Å²) in [6.07, 6.45) is 0.812. The maximum absolute atomic E-state index is 13.4. The van der Waals surface area contributed by atoms with Crippen molar-refractivity contribution in [3.63, 3.8) is 0 Å². The number of para-hydroxylation sites is 3. The highest BCUT2D eigenvalue weighted by molar-refractivity contribution is 5.77. The third-order valence-electron chi connectivity index (χ3n) is 3.84. The Morgan fingerprint density at radius 1 is 1.24 bits per heavy atom. The summed E-state index contributed by atoms with van der Waals surface area (Å²) >= 11 is 0. The van der Waals surface area contributed by atoms with Gasteiger partial charge in [0.2, 0.25) is 5.91 Å². The van der Waals surface area contributed by atoms with E-state index in [1.54, 1.807) is 18.2 Å². The van der Waals surface area contributed by atoms with E-state index in [0.29, 0.717) is 12.8 Å². The van der Waals surface area contributed by atoms with E-state index in [-0.39, 0.29) is 24.3 Å². The van der Waals surface area contributed by atoms with E-state index < -0.39 is 5.82 Å². The molecular formula is C19H20FN3O2. The van der Waals surface area contributed by atoms with Crippen LogP contribution in [0.25, 0.3) is 11.0 Å². The van der Waals surface area contributed by atoms with Crippen LogP contribution in [0.2, 0.25) is 0 Å². The zero-order valence-electron chi connectivity index (χ0n) is 14.0. The molecular weight excluding hydrogens is 321 g/mol. The molecule has 6 heteroatoms. The van der Waals surface area contributed by atoms with Gasteiger partial charge in [-0.3, -0.25) is 4.79 Å². The monoisotopic (exact) mass is 341 g/mol. The Labute approximate surface area is 145 Å². The van der Waals surface area contributed by atoms with Crippen molar-refractivity contribution >= 4 is 16.9 Å². The maximum Gasteiger partial charge on any atom is 0.220 e. The number of hydrogen-bond donors (Lipinski definition) is 2. The van der Waals surface area contributed by atoms with Crippen LogP contribution in [-0.2, 0) is 4.79 Å². The number of halogens is 1. The fourth-order valence-corrected chi connectivity index (χ4v) is 2.54. The summed E-state index contributed by atoms with van der Waals surface area (Å²) in [6.45, 7) is 2.17. The second-order valence-electron chi connectivity index (χ2n) is 5.81. The number of hydrogen-bond acceptors (Lipinski definition) is 3. The minimum Gasteiger partial charge on any atom is -0.491 e. The van der Waals surface area contributed by atoms with E-state index in [1.807, 2.05) is 31.2 Å². The quantitative estimate of drug-likeness (QED) is 0.643. The van der Waals surface area contributed by atoms with Gasteiger partial charge < -0.3 is 15.0 Å². The predicted molar refractivity (Wildman–Crippen MR) is 93.8 cm³/mol. The van der Waals surface area contributed by atoms with E-state index >= 15 is 0 Å². The van der Waals surface area contributed by atoms with Crippen LogP contribution >= 0.6 is 0 Å². The first-order valence-electron chi connectivity index (χ1n) is 8.25. The molecule has 0 saturated carbocycles. The average Bonchev–Trinajstić information content (AvgIpc) is 3.04. The minimum atomic E-state index is -0.398. The Morgan fingerprint density at radius 2 is 2.00 bits per heavy atom. The number of ether oxygens (including phenoxy) is 1. The largest absolute Gasteiger partial charge is 0.491 e. The number of nitrogens with one attached hydrogen (secondary N) is 2. The van der Waals surface area contributed by atoms with Crippen molar-refractivity contribution in [2.24, 2.45) is 0 Å². The van der Waals surface area contributed by atoms with Crippen molar-refractivity contribution < 1.29 is 13.9 Å². The number of fused-ring (bicyclic) bond motifs is 1. The van der Waals surface area contributed by atoms with Crippen molar-refractivity contribution in [2.45, 2.75) is 25.8 Å². The van der Waals surface area contributed by atoms with Gasteiger partial charge in [-0.15, -0.1) is 0 Å². The molecule has 0 aliphatic carbocycles. The SMILES string of the molecule is CC(NC(=O)CCCOc1ccccc1F)c1nc2ccccc2[nH]1. The molecule has 0 aliphatic rings. The number of carbonyl (C=O) groups is 1. The van der Waals surface area contributed by atoms with Crippen molar-refractivity contribution in [3.8, 4) is 5.75 Å². The van der Waals surface area contributed by atoms with Gasteiger partial charge in [-0.05, 0) is 37.6 Å². The molecule has 1 atom stereocenters. The lowest BCUT2D eigenvalue weighted by molar-refractivity contribution is -0.122. The first kappa shape index (κ1) is 17.0. The van der Waals surface area contributed by atoms with Gasteiger partial charge in [-0.25, -0.2) is 9.37 Å². The lowest BCUT2D eigenvalue weighted by Crippen LogP contribution is -2.27. The summed E-state index contributed by atoms with van der Waals surface area (Å²) in [4.78, 5) is 19.7. The molecule has 1 amide bonds. The van der Waals surface area contributed by atoms with E-state index in [9.17, 15) is 9.18 Å². The van der Waals surface area contributed by atoms with Gasteiger partial charge >= 0.3 is 0 Å². The van der Waals surface area contributed by atoms with Gasteiger partial charge in [-0.2, -0.15) is 0 Å². The van der Waals surface area contributed by atoms with Crippen molar-refractivity contribution in [1.29, 1.82) is 0 Å². The van der Waals surface area contributed by atoms with Crippen molar-refractivity contribution in [2.75, 3.05) is 6.61 Å². The fraction of sp³-hybridized carbons (Fsp3) is 0.263. The highest BCUT2D eigenvalue weighted by Gasteiger charge is 2.13. The molecule has 1 heterocycles. The number of rotatable bonds is 7. The topological polar surface area (TPSA) is 67.0 Å². The van der Waals surface area contributed by atoms with E-state index in [2.05, 4.69) is 15.3 Å². The molecule has 130 valence electrons. The molecule has 3 aromatic rings. The van der Waals surface area contributed by atoms with Gasteiger partial charge in [-0.1, -0.05) is 24.3 Å². The van der Waals surface area contributed by atoms with Gasteiger partial charge in [0.25, 0.3) is 0 Å². The summed E-state index contributed by atoms with van der Waals surface area (Å²) in [7, 11) is 0. The molecule has 0 bridgehead atoms. The predicted octanol–water partition coefficient (Wildman–Crippen LogP) is 3.74. The third kappa shape index (κ3) is 4.35. The normalized spacial score (nSPS) is 12.1. The third-order valence-corrected chi connectivity index (χ3v) is 3.84. The molecule has 2 N–H and O–H groups in total. The van der Waals surface area contributed by atoms with Crippen LogP contribution < -0.4 is 10.1 Å². The average molecular weight is 341 g/mol. The second-order valence-corrected chi connectivity index (χ2v) is 5.81. The van der Waals surface area contributed by atoms with Crippen LogP contribution in [0.3, 0.4) is 0 Å². The molecule has 2 aromatic carbocycles. The highest BCUT2D eigenvalue weighted by atomic mass is 19.1. The maximum atomic E-state index is 13.4. The first-order valence-corrected chi connectivity index (χ1v) is 8.25.